The average molecular weight is 337 g/mol. The summed E-state index contributed by atoms with van der Waals surface area (Å²) in [7, 11) is 0. The van der Waals surface area contributed by atoms with Gasteiger partial charge in [0, 0.05) is 12.5 Å². The van der Waals surface area contributed by atoms with Gasteiger partial charge in [-0.2, -0.15) is 0 Å². The predicted molar refractivity (Wildman–Crippen MR) is 81.6 cm³/mol. The highest BCUT2D eigenvalue weighted by Crippen LogP contribution is 2.30. The highest BCUT2D eigenvalue weighted by Gasteiger charge is 2.22. The number of nitrogen functional groups attached to an aromatic ring is 1. The lowest BCUT2D eigenvalue weighted by molar-refractivity contribution is 0.246. The van der Waals surface area contributed by atoms with Crippen LogP contribution in [0.1, 0.15) is 5.56 Å². The fourth-order valence-corrected chi connectivity index (χ4v) is 2.67. The lowest BCUT2D eigenvalue weighted by Gasteiger charge is -2.14. The Bertz CT molecular complexity index is 623. The Labute approximate surface area is 125 Å². The number of hydrogen-bond acceptors (Lipinski definition) is 3. The van der Waals surface area contributed by atoms with Crippen molar-refractivity contribution in [3.8, 4) is 5.75 Å². The third kappa shape index (κ3) is 2.58. The van der Waals surface area contributed by atoms with Gasteiger partial charge in [0.1, 0.15) is 17.7 Å². The van der Waals surface area contributed by atoms with Gasteiger partial charge < -0.3 is 15.8 Å². The van der Waals surface area contributed by atoms with E-state index in [2.05, 4.69) is 27.3 Å². The zero-order valence-electron chi connectivity index (χ0n) is 10.7. The van der Waals surface area contributed by atoms with Crippen molar-refractivity contribution in [1.82, 2.24) is 0 Å². The first-order valence-electron chi connectivity index (χ1n) is 6.36. The quantitative estimate of drug-likeness (QED) is 0.842. The number of hydrogen-bond donors (Lipinski definition) is 2. The van der Waals surface area contributed by atoms with Gasteiger partial charge in [0.15, 0.2) is 0 Å². The Balaban J connectivity index is 1.66. The van der Waals surface area contributed by atoms with E-state index < -0.39 is 0 Å². The van der Waals surface area contributed by atoms with E-state index in [9.17, 15) is 4.39 Å². The summed E-state index contributed by atoms with van der Waals surface area (Å²) in [6.07, 6.45) is 0.890. The van der Waals surface area contributed by atoms with E-state index in [1.807, 2.05) is 18.2 Å². The van der Waals surface area contributed by atoms with Crippen molar-refractivity contribution in [2.45, 2.75) is 12.5 Å². The largest absolute Gasteiger partial charge is 0.488 e. The number of ether oxygens (including phenoxy) is 1. The fraction of sp³-hybridized carbons (Fsp3) is 0.200. The molecule has 0 amide bonds. The van der Waals surface area contributed by atoms with Gasteiger partial charge in [0.25, 0.3) is 0 Å². The first-order chi connectivity index (χ1) is 9.63. The van der Waals surface area contributed by atoms with Crippen molar-refractivity contribution >= 4 is 27.3 Å². The molecule has 1 atom stereocenters. The summed E-state index contributed by atoms with van der Waals surface area (Å²) in [4.78, 5) is 0. The van der Waals surface area contributed by atoms with Gasteiger partial charge in [0.05, 0.1) is 22.4 Å². The number of anilines is 2. The fourth-order valence-electron chi connectivity index (χ4n) is 2.31. The van der Waals surface area contributed by atoms with Crippen molar-refractivity contribution in [1.29, 1.82) is 0 Å². The minimum absolute atomic E-state index is 0.0403. The summed E-state index contributed by atoms with van der Waals surface area (Å²) in [5, 5.41) is 3.15. The smallest absolute Gasteiger partial charge is 0.139 e. The summed E-state index contributed by atoms with van der Waals surface area (Å²) >= 11 is 3.11. The summed E-state index contributed by atoms with van der Waals surface area (Å²) in [6.45, 7) is 0.583. The first-order valence-corrected chi connectivity index (χ1v) is 7.16. The number of halogens is 2. The second kappa shape index (κ2) is 5.32. The molecule has 1 aliphatic heterocycles. The summed E-state index contributed by atoms with van der Waals surface area (Å²) in [5.41, 5.74) is 8.16. The zero-order valence-corrected chi connectivity index (χ0v) is 12.3. The van der Waals surface area contributed by atoms with Crippen LogP contribution in [-0.2, 0) is 6.42 Å². The molecule has 104 valence electrons. The van der Waals surface area contributed by atoms with E-state index in [1.165, 1.54) is 11.6 Å². The number of rotatable bonds is 3. The van der Waals surface area contributed by atoms with Crippen LogP contribution in [0.25, 0.3) is 0 Å². The molecule has 0 spiro atoms. The molecule has 0 fully saturated rings. The van der Waals surface area contributed by atoms with Crippen molar-refractivity contribution in [3.05, 3.63) is 52.3 Å². The highest BCUT2D eigenvalue weighted by molar-refractivity contribution is 9.10. The number of nitrogens with one attached hydrogen (secondary N) is 1. The standard InChI is InChI=1S/C15H14BrFN2O/c16-11-6-13(18)14(7-12(11)17)19-8-10-5-9-3-1-2-4-15(9)20-10/h1-4,6-7,10,19H,5,8,18H2. The molecule has 0 saturated heterocycles. The maximum atomic E-state index is 13.5. The zero-order chi connectivity index (χ0) is 14.1. The van der Waals surface area contributed by atoms with Gasteiger partial charge in [-0.3, -0.25) is 0 Å². The Morgan fingerprint density at radius 3 is 2.95 bits per heavy atom. The molecule has 2 aromatic carbocycles. The van der Waals surface area contributed by atoms with Crippen LogP contribution >= 0.6 is 15.9 Å². The molecule has 1 aliphatic rings. The van der Waals surface area contributed by atoms with Crippen LogP contribution in [0.3, 0.4) is 0 Å². The minimum Gasteiger partial charge on any atom is -0.488 e. The first kappa shape index (κ1) is 13.2. The van der Waals surface area contributed by atoms with Crippen molar-refractivity contribution in [2.24, 2.45) is 0 Å². The lowest BCUT2D eigenvalue weighted by Crippen LogP contribution is -2.24. The molecule has 0 aliphatic carbocycles. The predicted octanol–water partition coefficient (Wildman–Crippen LogP) is 3.59. The molecule has 3 N–H and O–H groups in total. The van der Waals surface area contributed by atoms with Crippen molar-refractivity contribution in [3.63, 3.8) is 0 Å². The number of nitrogens with two attached hydrogens (primary N) is 1. The van der Waals surface area contributed by atoms with Gasteiger partial charge in [-0.05, 0) is 33.6 Å². The topological polar surface area (TPSA) is 47.3 Å². The second-order valence-corrected chi connectivity index (χ2v) is 5.64. The molecule has 0 radical (unpaired) electrons. The molecular weight excluding hydrogens is 323 g/mol. The summed E-state index contributed by atoms with van der Waals surface area (Å²) in [6, 6.07) is 10.9. The van der Waals surface area contributed by atoms with Crippen LogP contribution in [-0.4, -0.2) is 12.6 Å². The van der Waals surface area contributed by atoms with Crippen LogP contribution < -0.4 is 15.8 Å². The Morgan fingerprint density at radius 1 is 1.35 bits per heavy atom. The molecule has 5 heteroatoms. The van der Waals surface area contributed by atoms with Gasteiger partial charge >= 0.3 is 0 Å². The monoisotopic (exact) mass is 336 g/mol. The SMILES string of the molecule is Nc1cc(Br)c(F)cc1NCC1Cc2ccccc2O1. The van der Waals surface area contributed by atoms with E-state index in [-0.39, 0.29) is 11.9 Å². The minimum atomic E-state index is -0.336. The van der Waals surface area contributed by atoms with E-state index >= 15 is 0 Å². The molecule has 3 rings (SSSR count). The maximum Gasteiger partial charge on any atom is 0.139 e. The van der Waals surface area contributed by atoms with Gasteiger partial charge in [0.2, 0.25) is 0 Å². The Hall–Kier alpha value is -1.75. The van der Waals surface area contributed by atoms with Crippen molar-refractivity contribution < 1.29 is 9.13 Å². The Morgan fingerprint density at radius 2 is 2.15 bits per heavy atom. The Kier molecular flexibility index (Phi) is 3.53. The molecule has 0 aromatic heterocycles. The van der Waals surface area contributed by atoms with E-state index in [0.29, 0.717) is 22.4 Å². The lowest BCUT2D eigenvalue weighted by atomic mass is 10.1. The maximum absolute atomic E-state index is 13.5. The molecule has 2 aromatic rings. The van der Waals surface area contributed by atoms with Crippen LogP contribution in [0.5, 0.6) is 5.75 Å². The van der Waals surface area contributed by atoms with E-state index in [4.69, 9.17) is 10.5 Å². The molecule has 1 unspecified atom stereocenters. The molecular formula is C15H14BrFN2O. The molecule has 1 heterocycles. The summed E-state index contributed by atoms with van der Waals surface area (Å²) < 4.78 is 19.7. The highest BCUT2D eigenvalue weighted by atomic mass is 79.9. The van der Waals surface area contributed by atoms with Crippen LogP contribution in [0, 0.1) is 5.82 Å². The third-order valence-electron chi connectivity index (χ3n) is 3.33. The van der Waals surface area contributed by atoms with Gasteiger partial charge in [-0.25, -0.2) is 4.39 Å². The normalized spacial score (nSPS) is 16.6. The van der Waals surface area contributed by atoms with Gasteiger partial charge in [-0.15, -0.1) is 0 Å². The molecule has 3 nitrogen and oxygen atoms in total. The van der Waals surface area contributed by atoms with E-state index in [0.717, 1.165) is 12.2 Å². The van der Waals surface area contributed by atoms with Crippen LogP contribution in [0.15, 0.2) is 40.9 Å². The number of fused-ring (bicyclic) bond motifs is 1. The van der Waals surface area contributed by atoms with Crippen molar-refractivity contribution in [2.75, 3.05) is 17.6 Å². The molecule has 0 bridgehead atoms. The molecule has 20 heavy (non-hydrogen) atoms. The average Bonchev–Trinajstić information content (AvgIpc) is 2.84. The number of para-hydroxylation sites is 1. The third-order valence-corrected chi connectivity index (χ3v) is 3.93. The van der Waals surface area contributed by atoms with Crippen LogP contribution in [0.4, 0.5) is 15.8 Å². The number of benzene rings is 2. The molecule has 0 saturated carbocycles. The van der Waals surface area contributed by atoms with E-state index in [1.54, 1.807) is 6.07 Å². The summed E-state index contributed by atoms with van der Waals surface area (Å²) in [5.74, 6) is 0.589. The van der Waals surface area contributed by atoms with Gasteiger partial charge in [-0.1, -0.05) is 18.2 Å². The second-order valence-electron chi connectivity index (χ2n) is 4.79. The van der Waals surface area contributed by atoms with Crippen LogP contribution in [0.2, 0.25) is 0 Å².